The van der Waals surface area contributed by atoms with E-state index in [1.54, 1.807) is 35.2 Å². The molecule has 1 saturated heterocycles. The summed E-state index contributed by atoms with van der Waals surface area (Å²) >= 11 is 0. The van der Waals surface area contributed by atoms with Crippen molar-refractivity contribution in [2.75, 3.05) is 0 Å². The summed E-state index contributed by atoms with van der Waals surface area (Å²) in [5.74, 6) is 0.00669. The van der Waals surface area contributed by atoms with Gasteiger partial charge >= 0.3 is 0 Å². The molecule has 2 aromatic carbocycles. The lowest BCUT2D eigenvalue weighted by atomic mass is 9.98. The molecular weight excluding hydrogens is 358 g/mol. The first-order chi connectivity index (χ1) is 12.9. The van der Waals surface area contributed by atoms with Gasteiger partial charge in [-0.3, -0.25) is 4.79 Å². The fourth-order valence-electron chi connectivity index (χ4n) is 3.66. The fourth-order valence-corrected chi connectivity index (χ4v) is 5.56. The van der Waals surface area contributed by atoms with Crippen LogP contribution in [0.2, 0.25) is 0 Å². The number of benzene rings is 2. The van der Waals surface area contributed by atoms with Crippen LogP contribution in [0.1, 0.15) is 32.3 Å². The van der Waals surface area contributed by atoms with Crippen LogP contribution in [0, 0.1) is 0 Å². The van der Waals surface area contributed by atoms with E-state index in [0.717, 1.165) is 5.56 Å². The molecule has 1 heterocycles. The van der Waals surface area contributed by atoms with Crippen molar-refractivity contribution in [2.24, 2.45) is 0 Å². The first kappa shape index (κ1) is 19.4. The van der Waals surface area contributed by atoms with E-state index in [4.69, 9.17) is 0 Å². The van der Waals surface area contributed by atoms with E-state index in [2.05, 4.69) is 0 Å². The van der Waals surface area contributed by atoms with Gasteiger partial charge < -0.3 is 4.90 Å². The van der Waals surface area contributed by atoms with Crippen LogP contribution in [0.15, 0.2) is 71.6 Å². The number of piperidine rings is 1. The van der Waals surface area contributed by atoms with Crippen molar-refractivity contribution < 1.29 is 13.2 Å². The Balaban J connectivity index is 2.02. The third-order valence-corrected chi connectivity index (χ3v) is 7.19. The quantitative estimate of drug-likeness (QED) is 0.786. The van der Waals surface area contributed by atoms with E-state index < -0.39 is 21.1 Å². The molecular formula is C22H25NO3S. The third kappa shape index (κ3) is 4.14. The lowest BCUT2D eigenvalue weighted by Crippen LogP contribution is -2.55. The minimum atomic E-state index is -3.55. The number of carbonyl (C=O) groups excluding carboxylic acids is 1. The highest BCUT2D eigenvalue weighted by atomic mass is 32.2. The normalized spacial score (nSPS) is 21.1. The van der Waals surface area contributed by atoms with Gasteiger partial charge in [0.15, 0.2) is 9.84 Å². The molecule has 5 heteroatoms. The Morgan fingerprint density at radius 2 is 1.59 bits per heavy atom. The van der Waals surface area contributed by atoms with Crippen LogP contribution in [-0.4, -0.2) is 36.6 Å². The molecule has 0 saturated carbocycles. The van der Waals surface area contributed by atoms with Gasteiger partial charge in [-0.2, -0.15) is 0 Å². The number of nitrogens with zero attached hydrogens (tertiary/aromatic N) is 1. The van der Waals surface area contributed by atoms with Crippen LogP contribution >= 0.6 is 0 Å². The largest absolute Gasteiger partial charge is 0.332 e. The van der Waals surface area contributed by atoms with Crippen LogP contribution in [-0.2, 0) is 14.6 Å². The summed E-state index contributed by atoms with van der Waals surface area (Å²) in [6, 6.07) is 17.7. The summed E-state index contributed by atoms with van der Waals surface area (Å²) in [4.78, 5) is 14.6. The Kier molecular flexibility index (Phi) is 5.80. The number of carbonyl (C=O) groups is 1. The number of hydrogen-bond acceptors (Lipinski definition) is 3. The first-order valence-corrected chi connectivity index (χ1v) is 10.8. The highest BCUT2D eigenvalue weighted by molar-refractivity contribution is 7.92. The van der Waals surface area contributed by atoms with Crippen LogP contribution < -0.4 is 0 Å². The molecule has 0 spiro atoms. The molecule has 0 bridgehead atoms. The van der Waals surface area contributed by atoms with E-state index in [-0.39, 0.29) is 18.4 Å². The molecule has 0 aromatic heterocycles. The monoisotopic (exact) mass is 383 g/mol. The summed E-state index contributed by atoms with van der Waals surface area (Å²) in [6.45, 7) is 3.86. The molecule has 0 N–H and O–H groups in total. The minimum Gasteiger partial charge on any atom is -0.332 e. The van der Waals surface area contributed by atoms with Gasteiger partial charge in [-0.05, 0) is 38.0 Å². The minimum absolute atomic E-state index is 0.00669. The van der Waals surface area contributed by atoms with Crippen molar-refractivity contribution in [3.63, 3.8) is 0 Å². The molecule has 1 aliphatic heterocycles. The molecule has 1 aliphatic rings. The Bertz CT molecular complexity index is 905. The summed E-state index contributed by atoms with van der Waals surface area (Å²) in [6.07, 6.45) is 4.37. The Labute approximate surface area is 161 Å². The molecule has 2 aromatic rings. The number of hydrogen-bond donors (Lipinski definition) is 0. The van der Waals surface area contributed by atoms with Crippen molar-refractivity contribution in [1.82, 2.24) is 4.90 Å². The molecule has 1 amide bonds. The molecule has 2 atom stereocenters. The van der Waals surface area contributed by atoms with Crippen LogP contribution in [0.5, 0.6) is 0 Å². The Hall–Kier alpha value is -2.40. The van der Waals surface area contributed by atoms with E-state index in [0.29, 0.717) is 11.3 Å². The van der Waals surface area contributed by atoms with Gasteiger partial charge in [-0.25, -0.2) is 8.42 Å². The predicted molar refractivity (Wildman–Crippen MR) is 108 cm³/mol. The highest BCUT2D eigenvalue weighted by Gasteiger charge is 2.43. The lowest BCUT2D eigenvalue weighted by Gasteiger charge is -2.41. The van der Waals surface area contributed by atoms with E-state index >= 15 is 0 Å². The van der Waals surface area contributed by atoms with E-state index in [1.165, 1.54) is 0 Å². The first-order valence-electron chi connectivity index (χ1n) is 9.24. The summed E-state index contributed by atoms with van der Waals surface area (Å²) < 4.78 is 26.6. The molecule has 27 heavy (non-hydrogen) atoms. The van der Waals surface area contributed by atoms with Crippen LogP contribution in [0.25, 0.3) is 6.08 Å². The van der Waals surface area contributed by atoms with Crippen molar-refractivity contribution in [3.8, 4) is 0 Å². The second kappa shape index (κ2) is 8.09. The zero-order chi connectivity index (χ0) is 19.4. The molecule has 1 fully saturated rings. The molecule has 0 unspecified atom stereocenters. The Morgan fingerprint density at radius 1 is 1.00 bits per heavy atom. The topological polar surface area (TPSA) is 54.5 Å². The Morgan fingerprint density at radius 3 is 2.19 bits per heavy atom. The van der Waals surface area contributed by atoms with Gasteiger partial charge in [-0.1, -0.05) is 60.7 Å². The average Bonchev–Trinajstić information content (AvgIpc) is 2.67. The van der Waals surface area contributed by atoms with Crippen molar-refractivity contribution in [3.05, 3.63) is 72.3 Å². The van der Waals surface area contributed by atoms with E-state index in [9.17, 15) is 13.2 Å². The number of sulfone groups is 1. The average molecular weight is 384 g/mol. The standard InChI is InChI=1S/C22H25NO3S/c1-17(2)23-20(14-13-18-9-5-3-6-10-18)21(15-16-22(23)24)27(25,26)19-11-7-4-8-12-19/h3-14,17,20-21H,15-16H2,1-2H3/b14-13+/t20-,21+/m0/s1. The molecule has 3 rings (SSSR count). The number of amides is 1. The maximum atomic E-state index is 13.3. The van der Waals surface area contributed by atoms with Crippen molar-refractivity contribution in [1.29, 1.82) is 0 Å². The zero-order valence-corrected chi connectivity index (χ0v) is 16.5. The number of rotatable bonds is 5. The lowest BCUT2D eigenvalue weighted by molar-refractivity contribution is -0.136. The SMILES string of the molecule is CC(C)N1C(=O)CC[C@@H](S(=O)(=O)c2ccccc2)[C@@H]1/C=C/c1ccccc1. The molecule has 4 nitrogen and oxygen atoms in total. The maximum Gasteiger partial charge on any atom is 0.223 e. The molecule has 0 aliphatic carbocycles. The second-order valence-corrected chi connectivity index (χ2v) is 9.26. The van der Waals surface area contributed by atoms with Crippen LogP contribution in [0.3, 0.4) is 0 Å². The van der Waals surface area contributed by atoms with Crippen molar-refractivity contribution >= 4 is 21.8 Å². The van der Waals surface area contributed by atoms with E-state index in [1.807, 2.05) is 56.3 Å². The molecule has 142 valence electrons. The van der Waals surface area contributed by atoms with Gasteiger partial charge in [0.25, 0.3) is 0 Å². The summed E-state index contributed by atoms with van der Waals surface area (Å²) in [5, 5.41) is -0.653. The second-order valence-electron chi connectivity index (χ2n) is 7.09. The summed E-state index contributed by atoms with van der Waals surface area (Å²) in [5.41, 5.74) is 0.982. The maximum absolute atomic E-state index is 13.3. The van der Waals surface area contributed by atoms with Gasteiger partial charge in [-0.15, -0.1) is 0 Å². The fraction of sp³-hybridized carbons (Fsp3) is 0.318. The van der Waals surface area contributed by atoms with Crippen molar-refractivity contribution in [2.45, 2.75) is 48.9 Å². The number of likely N-dealkylation sites (tertiary alicyclic amines) is 1. The van der Waals surface area contributed by atoms with Crippen LogP contribution in [0.4, 0.5) is 0 Å². The van der Waals surface area contributed by atoms with Gasteiger partial charge in [0.05, 0.1) is 16.2 Å². The third-order valence-electron chi connectivity index (χ3n) is 4.94. The molecule has 0 radical (unpaired) electrons. The zero-order valence-electron chi connectivity index (χ0n) is 15.7. The summed E-state index contributed by atoms with van der Waals surface area (Å²) in [7, 11) is -3.55. The van der Waals surface area contributed by atoms with Gasteiger partial charge in [0, 0.05) is 12.5 Å². The highest BCUT2D eigenvalue weighted by Crippen LogP contribution is 2.31. The van der Waals surface area contributed by atoms with Gasteiger partial charge in [0.2, 0.25) is 5.91 Å². The predicted octanol–water partition coefficient (Wildman–Crippen LogP) is 3.94. The van der Waals surface area contributed by atoms with Gasteiger partial charge in [0.1, 0.15) is 0 Å². The smallest absolute Gasteiger partial charge is 0.223 e.